The second-order valence-electron chi connectivity index (χ2n) is 7.45. The number of piperidine rings is 1. The van der Waals surface area contributed by atoms with E-state index in [-0.39, 0.29) is 29.7 Å². The van der Waals surface area contributed by atoms with E-state index >= 15 is 0 Å². The first kappa shape index (κ1) is 19.3. The summed E-state index contributed by atoms with van der Waals surface area (Å²) < 4.78 is 20.1. The van der Waals surface area contributed by atoms with Crippen LogP contribution < -0.4 is 20.4 Å². The molecule has 9 heteroatoms. The summed E-state index contributed by atoms with van der Waals surface area (Å²) in [5, 5.41) is 6.22. The highest BCUT2D eigenvalue weighted by molar-refractivity contribution is 8.00. The standard InChI is InChI=1S/C19H25FN4O3S/c1-13(25)21-11-15-12-24(18(26)27-15)14-2-3-17(16(20)10-14)23-7-4-19(5-8-23)22-6-9-28-19/h2-3,10,15,22H,4-9,11-12H2,1H3,(H,21,25). The smallest absolute Gasteiger partial charge is 0.414 e. The van der Waals surface area contributed by atoms with Crippen molar-refractivity contribution in [3.8, 4) is 0 Å². The third kappa shape index (κ3) is 3.91. The van der Waals surface area contributed by atoms with Gasteiger partial charge in [0.1, 0.15) is 11.9 Å². The number of cyclic esters (lactones) is 1. The SMILES string of the molecule is CC(=O)NCC1CN(c2ccc(N3CCC4(CC3)NCCS4)c(F)c2)C(=O)O1. The largest absolute Gasteiger partial charge is 0.442 e. The minimum Gasteiger partial charge on any atom is -0.442 e. The molecule has 0 aliphatic carbocycles. The molecule has 0 radical (unpaired) electrons. The van der Waals surface area contributed by atoms with Crippen molar-refractivity contribution >= 4 is 35.1 Å². The maximum absolute atomic E-state index is 14.8. The summed E-state index contributed by atoms with van der Waals surface area (Å²) >= 11 is 1.98. The molecule has 0 aromatic heterocycles. The van der Waals surface area contributed by atoms with E-state index < -0.39 is 12.2 Å². The van der Waals surface area contributed by atoms with Gasteiger partial charge in [-0.25, -0.2) is 9.18 Å². The Bertz CT molecular complexity index is 762. The van der Waals surface area contributed by atoms with Crippen LogP contribution in [0.25, 0.3) is 0 Å². The van der Waals surface area contributed by atoms with Crippen molar-refractivity contribution in [3.63, 3.8) is 0 Å². The van der Waals surface area contributed by atoms with Gasteiger partial charge in [-0.2, -0.15) is 0 Å². The summed E-state index contributed by atoms with van der Waals surface area (Å²) in [5.74, 6) is 0.621. The van der Waals surface area contributed by atoms with Crippen LogP contribution >= 0.6 is 11.8 Å². The van der Waals surface area contributed by atoms with Gasteiger partial charge >= 0.3 is 6.09 Å². The summed E-state index contributed by atoms with van der Waals surface area (Å²) in [6, 6.07) is 4.89. The van der Waals surface area contributed by atoms with Crippen molar-refractivity contribution in [2.45, 2.75) is 30.7 Å². The predicted octanol–water partition coefficient (Wildman–Crippen LogP) is 1.92. The van der Waals surface area contributed by atoms with Crippen LogP contribution in [0.2, 0.25) is 0 Å². The summed E-state index contributed by atoms with van der Waals surface area (Å²) in [6.45, 7) is 4.60. The lowest BCUT2D eigenvalue weighted by Crippen LogP contribution is -2.48. The quantitative estimate of drug-likeness (QED) is 0.793. The second kappa shape index (κ2) is 7.79. The normalized spacial score (nSPS) is 23.9. The molecule has 3 aliphatic heterocycles. The number of benzene rings is 1. The molecule has 1 aromatic rings. The molecule has 0 saturated carbocycles. The van der Waals surface area contributed by atoms with Crippen molar-refractivity contribution < 1.29 is 18.7 Å². The Morgan fingerprint density at radius 2 is 2.21 bits per heavy atom. The Morgan fingerprint density at radius 3 is 2.86 bits per heavy atom. The molecule has 1 atom stereocenters. The van der Waals surface area contributed by atoms with Gasteiger partial charge in [0.25, 0.3) is 0 Å². The van der Waals surface area contributed by atoms with Crippen molar-refractivity contribution in [1.29, 1.82) is 0 Å². The third-order valence-electron chi connectivity index (χ3n) is 5.54. The van der Waals surface area contributed by atoms with E-state index in [1.165, 1.54) is 17.9 Å². The molecule has 3 fully saturated rings. The zero-order chi connectivity index (χ0) is 19.7. The minimum atomic E-state index is -0.522. The van der Waals surface area contributed by atoms with Crippen LogP contribution in [0.15, 0.2) is 18.2 Å². The van der Waals surface area contributed by atoms with Crippen molar-refractivity contribution in [2.24, 2.45) is 0 Å². The highest BCUT2D eigenvalue weighted by Crippen LogP contribution is 2.39. The predicted molar refractivity (Wildman–Crippen MR) is 107 cm³/mol. The van der Waals surface area contributed by atoms with E-state index in [4.69, 9.17) is 4.74 Å². The molecule has 3 heterocycles. The van der Waals surface area contributed by atoms with E-state index in [2.05, 4.69) is 15.5 Å². The molecule has 3 aliphatic rings. The number of hydrogen-bond acceptors (Lipinski definition) is 6. The number of hydrogen-bond donors (Lipinski definition) is 2. The number of anilines is 2. The molecule has 1 unspecified atom stereocenters. The number of nitrogens with one attached hydrogen (secondary N) is 2. The van der Waals surface area contributed by atoms with Gasteiger partial charge in [-0.1, -0.05) is 0 Å². The molecule has 1 spiro atoms. The fraction of sp³-hybridized carbons (Fsp3) is 0.579. The van der Waals surface area contributed by atoms with E-state index in [0.29, 0.717) is 11.4 Å². The number of thioether (sulfide) groups is 1. The molecule has 7 nitrogen and oxygen atoms in total. The Balaban J connectivity index is 1.41. The summed E-state index contributed by atoms with van der Waals surface area (Å²) in [4.78, 5) is 26.8. The lowest BCUT2D eigenvalue weighted by atomic mass is 10.0. The van der Waals surface area contributed by atoms with Gasteiger partial charge in [0.2, 0.25) is 5.91 Å². The van der Waals surface area contributed by atoms with Gasteiger partial charge in [-0.05, 0) is 31.0 Å². The summed E-state index contributed by atoms with van der Waals surface area (Å²) in [7, 11) is 0. The first-order valence-corrected chi connectivity index (χ1v) is 10.6. The second-order valence-corrected chi connectivity index (χ2v) is 8.92. The Hall–Kier alpha value is -2.00. The third-order valence-corrected chi connectivity index (χ3v) is 7.05. The first-order chi connectivity index (χ1) is 13.5. The summed E-state index contributed by atoms with van der Waals surface area (Å²) in [5.41, 5.74) is 1.04. The van der Waals surface area contributed by atoms with Crippen LogP contribution in [0.5, 0.6) is 0 Å². The molecule has 3 saturated heterocycles. The van der Waals surface area contributed by atoms with Crippen LogP contribution in [-0.2, 0) is 9.53 Å². The molecule has 0 bridgehead atoms. The first-order valence-electron chi connectivity index (χ1n) is 9.62. The number of amides is 2. The average Bonchev–Trinajstić information content (AvgIpc) is 3.28. The number of nitrogens with zero attached hydrogens (tertiary/aromatic N) is 2. The molecule has 1 aromatic carbocycles. The van der Waals surface area contributed by atoms with Gasteiger partial charge in [0.15, 0.2) is 0 Å². The molecule has 152 valence electrons. The Labute approximate surface area is 168 Å². The van der Waals surface area contributed by atoms with E-state index in [1.807, 2.05) is 11.8 Å². The number of carbonyl (C=O) groups is 2. The van der Waals surface area contributed by atoms with Crippen LogP contribution in [-0.4, -0.2) is 61.5 Å². The molecule has 2 amide bonds. The Morgan fingerprint density at radius 1 is 1.43 bits per heavy atom. The molecule has 2 N–H and O–H groups in total. The van der Waals surface area contributed by atoms with Crippen LogP contribution in [0.3, 0.4) is 0 Å². The van der Waals surface area contributed by atoms with Crippen LogP contribution in [0.4, 0.5) is 20.6 Å². The van der Waals surface area contributed by atoms with Crippen LogP contribution in [0.1, 0.15) is 19.8 Å². The van der Waals surface area contributed by atoms with E-state index in [0.717, 1.165) is 38.2 Å². The molecular weight excluding hydrogens is 383 g/mol. The van der Waals surface area contributed by atoms with Crippen LogP contribution in [0, 0.1) is 5.82 Å². The van der Waals surface area contributed by atoms with Gasteiger partial charge in [0.05, 0.1) is 29.3 Å². The molecule has 28 heavy (non-hydrogen) atoms. The zero-order valence-electron chi connectivity index (χ0n) is 15.9. The fourth-order valence-corrected chi connectivity index (χ4v) is 5.29. The average molecular weight is 408 g/mol. The molecule has 4 rings (SSSR count). The van der Waals surface area contributed by atoms with Gasteiger partial charge in [-0.3, -0.25) is 9.69 Å². The van der Waals surface area contributed by atoms with Crippen molar-refractivity contribution in [3.05, 3.63) is 24.0 Å². The van der Waals surface area contributed by atoms with E-state index in [9.17, 15) is 14.0 Å². The lowest BCUT2D eigenvalue weighted by Gasteiger charge is -2.40. The monoisotopic (exact) mass is 408 g/mol. The maximum Gasteiger partial charge on any atom is 0.414 e. The van der Waals surface area contributed by atoms with Crippen molar-refractivity contribution in [1.82, 2.24) is 10.6 Å². The van der Waals surface area contributed by atoms with Gasteiger partial charge < -0.3 is 20.3 Å². The van der Waals surface area contributed by atoms with E-state index in [1.54, 1.807) is 12.1 Å². The molecular formula is C19H25FN4O3S. The van der Waals surface area contributed by atoms with Crippen molar-refractivity contribution in [2.75, 3.05) is 48.3 Å². The summed E-state index contributed by atoms with van der Waals surface area (Å²) in [6.07, 6.45) is 1.02. The topological polar surface area (TPSA) is 73.9 Å². The highest BCUT2D eigenvalue weighted by atomic mass is 32.2. The number of carbonyl (C=O) groups excluding carboxylic acids is 2. The fourth-order valence-electron chi connectivity index (χ4n) is 4.02. The number of rotatable bonds is 4. The highest BCUT2D eigenvalue weighted by Gasteiger charge is 2.38. The van der Waals surface area contributed by atoms with Gasteiger partial charge in [-0.15, -0.1) is 11.8 Å². The zero-order valence-corrected chi connectivity index (χ0v) is 16.7. The number of halogens is 1. The maximum atomic E-state index is 14.8. The Kier molecular flexibility index (Phi) is 5.37. The number of ether oxygens (including phenoxy) is 1. The minimum absolute atomic E-state index is 0.162. The van der Waals surface area contributed by atoms with Gasteiger partial charge in [0, 0.05) is 32.3 Å². The lowest BCUT2D eigenvalue weighted by molar-refractivity contribution is -0.119.